The van der Waals surface area contributed by atoms with E-state index in [1.54, 1.807) is 11.8 Å². The third-order valence-corrected chi connectivity index (χ3v) is 4.35. The SMILES string of the molecule is CSc1cc(C2CC2)c(C(=O)O)s1. The number of carboxylic acid groups (broad SMARTS) is 1. The van der Waals surface area contributed by atoms with E-state index in [9.17, 15) is 4.79 Å². The fourth-order valence-corrected chi connectivity index (χ4v) is 2.99. The highest BCUT2D eigenvalue weighted by Gasteiger charge is 2.30. The van der Waals surface area contributed by atoms with E-state index in [0.29, 0.717) is 10.8 Å². The molecule has 0 aromatic carbocycles. The Kier molecular flexibility index (Phi) is 2.34. The quantitative estimate of drug-likeness (QED) is 0.786. The molecule has 0 unspecified atom stereocenters. The van der Waals surface area contributed by atoms with Crippen LogP contribution in [-0.4, -0.2) is 17.3 Å². The molecule has 1 aliphatic rings. The molecule has 0 atom stereocenters. The molecule has 13 heavy (non-hydrogen) atoms. The van der Waals surface area contributed by atoms with Gasteiger partial charge in [0.05, 0.1) is 4.21 Å². The van der Waals surface area contributed by atoms with Crippen molar-refractivity contribution in [1.82, 2.24) is 0 Å². The van der Waals surface area contributed by atoms with Crippen molar-refractivity contribution in [3.8, 4) is 0 Å². The number of hydrogen-bond donors (Lipinski definition) is 1. The lowest BCUT2D eigenvalue weighted by molar-refractivity contribution is 0.0701. The second-order valence-corrected chi connectivity index (χ2v) is 5.29. The number of rotatable bonds is 3. The highest BCUT2D eigenvalue weighted by atomic mass is 32.2. The van der Waals surface area contributed by atoms with Gasteiger partial charge in [-0.25, -0.2) is 4.79 Å². The van der Waals surface area contributed by atoms with Crippen LogP contribution in [0.5, 0.6) is 0 Å². The Morgan fingerprint density at radius 3 is 2.85 bits per heavy atom. The fourth-order valence-electron chi connectivity index (χ4n) is 1.35. The van der Waals surface area contributed by atoms with E-state index >= 15 is 0 Å². The molecule has 1 fully saturated rings. The van der Waals surface area contributed by atoms with Gasteiger partial charge >= 0.3 is 5.97 Å². The van der Waals surface area contributed by atoms with Crippen molar-refractivity contribution in [3.05, 3.63) is 16.5 Å². The number of thioether (sulfide) groups is 1. The van der Waals surface area contributed by atoms with Crippen LogP contribution in [0, 0.1) is 0 Å². The summed E-state index contributed by atoms with van der Waals surface area (Å²) in [5, 5.41) is 8.95. The highest BCUT2D eigenvalue weighted by molar-refractivity contribution is 8.00. The van der Waals surface area contributed by atoms with Crippen LogP contribution in [0.3, 0.4) is 0 Å². The second-order valence-electron chi connectivity index (χ2n) is 3.13. The summed E-state index contributed by atoms with van der Waals surface area (Å²) in [5.74, 6) is -0.240. The predicted octanol–water partition coefficient (Wildman–Crippen LogP) is 3.05. The maximum atomic E-state index is 10.9. The molecule has 1 heterocycles. The molecule has 0 aliphatic heterocycles. The Hall–Kier alpha value is -0.480. The second kappa shape index (κ2) is 3.35. The van der Waals surface area contributed by atoms with Crippen LogP contribution in [-0.2, 0) is 0 Å². The molecule has 1 saturated carbocycles. The summed E-state index contributed by atoms with van der Waals surface area (Å²) < 4.78 is 1.11. The number of hydrogen-bond acceptors (Lipinski definition) is 3. The van der Waals surface area contributed by atoms with E-state index in [4.69, 9.17) is 5.11 Å². The van der Waals surface area contributed by atoms with Gasteiger partial charge in [0, 0.05) is 0 Å². The number of aromatic carboxylic acids is 1. The third-order valence-electron chi connectivity index (χ3n) is 2.15. The molecule has 2 rings (SSSR count). The smallest absolute Gasteiger partial charge is 0.346 e. The maximum Gasteiger partial charge on any atom is 0.346 e. The first-order chi connectivity index (χ1) is 6.22. The summed E-state index contributed by atoms with van der Waals surface area (Å²) in [7, 11) is 0. The van der Waals surface area contributed by atoms with Gasteiger partial charge in [-0.2, -0.15) is 0 Å². The van der Waals surface area contributed by atoms with Crippen molar-refractivity contribution in [3.63, 3.8) is 0 Å². The standard InChI is InChI=1S/C9H10O2S2/c1-12-7-4-6(5-2-3-5)8(13-7)9(10)11/h4-5H,2-3H2,1H3,(H,10,11). The Bertz CT molecular complexity index is 339. The molecule has 1 aliphatic carbocycles. The lowest BCUT2D eigenvalue weighted by Gasteiger charge is -1.93. The van der Waals surface area contributed by atoms with Gasteiger partial charge in [0.1, 0.15) is 4.88 Å². The molecule has 0 bridgehead atoms. The van der Waals surface area contributed by atoms with Crippen LogP contribution in [0.15, 0.2) is 10.3 Å². The van der Waals surface area contributed by atoms with Crippen molar-refractivity contribution in [2.24, 2.45) is 0 Å². The number of thiophene rings is 1. The van der Waals surface area contributed by atoms with Crippen LogP contribution in [0.4, 0.5) is 0 Å². The average molecular weight is 214 g/mol. The minimum Gasteiger partial charge on any atom is -0.477 e. The molecule has 1 N–H and O–H groups in total. The van der Waals surface area contributed by atoms with Crippen LogP contribution in [0.2, 0.25) is 0 Å². The largest absolute Gasteiger partial charge is 0.477 e. The van der Waals surface area contributed by atoms with Gasteiger partial charge in [-0.15, -0.1) is 23.1 Å². The Morgan fingerprint density at radius 2 is 2.38 bits per heavy atom. The third kappa shape index (κ3) is 1.74. The van der Waals surface area contributed by atoms with Gasteiger partial charge in [-0.1, -0.05) is 0 Å². The van der Waals surface area contributed by atoms with Crippen LogP contribution >= 0.6 is 23.1 Å². The fraction of sp³-hybridized carbons (Fsp3) is 0.444. The maximum absolute atomic E-state index is 10.9. The lowest BCUT2D eigenvalue weighted by atomic mass is 10.2. The molecule has 70 valence electrons. The minimum atomic E-state index is -0.771. The summed E-state index contributed by atoms with van der Waals surface area (Å²) in [6, 6.07) is 2.04. The molecule has 4 heteroatoms. The zero-order valence-corrected chi connectivity index (χ0v) is 8.87. The van der Waals surface area contributed by atoms with E-state index in [2.05, 4.69) is 0 Å². The van der Waals surface area contributed by atoms with Crippen molar-refractivity contribution < 1.29 is 9.90 Å². The average Bonchev–Trinajstić information content (AvgIpc) is 2.84. The number of carbonyl (C=O) groups is 1. The first kappa shape index (κ1) is 9.09. The molecule has 2 nitrogen and oxygen atoms in total. The zero-order chi connectivity index (χ0) is 9.42. The van der Waals surface area contributed by atoms with Crippen molar-refractivity contribution in [1.29, 1.82) is 0 Å². The molecule has 0 spiro atoms. The monoisotopic (exact) mass is 214 g/mol. The minimum absolute atomic E-state index is 0.531. The van der Waals surface area contributed by atoms with E-state index in [1.165, 1.54) is 11.3 Å². The van der Waals surface area contributed by atoms with Crippen molar-refractivity contribution in [2.45, 2.75) is 23.0 Å². The lowest BCUT2D eigenvalue weighted by Crippen LogP contribution is -1.95. The van der Waals surface area contributed by atoms with Gasteiger partial charge in [-0.05, 0) is 36.6 Å². The van der Waals surface area contributed by atoms with E-state index in [0.717, 1.165) is 22.6 Å². The molecule has 0 amide bonds. The molecular formula is C9H10O2S2. The number of carboxylic acids is 1. The molecule has 0 saturated heterocycles. The molecule has 0 radical (unpaired) electrons. The molecule has 1 aromatic rings. The van der Waals surface area contributed by atoms with Crippen LogP contribution in [0.1, 0.15) is 34.0 Å². The van der Waals surface area contributed by atoms with Gasteiger partial charge < -0.3 is 5.11 Å². The van der Waals surface area contributed by atoms with Crippen LogP contribution < -0.4 is 0 Å². The molecular weight excluding hydrogens is 204 g/mol. The Labute approximate surface area is 85.0 Å². The molecule has 1 aromatic heterocycles. The summed E-state index contributed by atoms with van der Waals surface area (Å²) in [5.41, 5.74) is 1.06. The summed E-state index contributed by atoms with van der Waals surface area (Å²) >= 11 is 3.02. The first-order valence-corrected chi connectivity index (χ1v) is 6.17. The summed E-state index contributed by atoms with van der Waals surface area (Å²) in [6.45, 7) is 0. The van der Waals surface area contributed by atoms with Gasteiger partial charge in [-0.3, -0.25) is 0 Å². The van der Waals surface area contributed by atoms with E-state index < -0.39 is 5.97 Å². The van der Waals surface area contributed by atoms with E-state index in [1.807, 2.05) is 12.3 Å². The predicted molar refractivity (Wildman–Crippen MR) is 55.0 cm³/mol. The van der Waals surface area contributed by atoms with Gasteiger partial charge in [0.15, 0.2) is 0 Å². The zero-order valence-electron chi connectivity index (χ0n) is 7.24. The van der Waals surface area contributed by atoms with E-state index in [-0.39, 0.29) is 0 Å². The topological polar surface area (TPSA) is 37.3 Å². The first-order valence-electron chi connectivity index (χ1n) is 4.13. The Balaban J connectivity index is 2.39. The summed E-state index contributed by atoms with van der Waals surface area (Å²) in [6.07, 6.45) is 4.30. The van der Waals surface area contributed by atoms with Crippen molar-refractivity contribution >= 4 is 29.1 Å². The van der Waals surface area contributed by atoms with Gasteiger partial charge in [0.25, 0.3) is 0 Å². The highest BCUT2D eigenvalue weighted by Crippen LogP contribution is 2.45. The Morgan fingerprint density at radius 1 is 1.69 bits per heavy atom. The van der Waals surface area contributed by atoms with Crippen molar-refractivity contribution in [2.75, 3.05) is 6.26 Å². The normalized spacial score (nSPS) is 16.1. The summed E-state index contributed by atoms with van der Waals surface area (Å²) in [4.78, 5) is 11.4. The van der Waals surface area contributed by atoms with Crippen LogP contribution in [0.25, 0.3) is 0 Å². The van der Waals surface area contributed by atoms with Gasteiger partial charge in [0.2, 0.25) is 0 Å².